The maximum atomic E-state index is 13.4. The van der Waals surface area contributed by atoms with E-state index in [1.165, 1.54) is 0 Å². The van der Waals surface area contributed by atoms with E-state index >= 15 is 0 Å². The van der Waals surface area contributed by atoms with Crippen LogP contribution in [0.4, 0.5) is 5.69 Å². The largest absolute Gasteiger partial charge is 0.487 e. The molecule has 0 spiro atoms. The number of hydrogen-bond donors (Lipinski definition) is 1. The van der Waals surface area contributed by atoms with Crippen LogP contribution in [0.5, 0.6) is 17.2 Å². The third-order valence-electron chi connectivity index (χ3n) is 6.45. The van der Waals surface area contributed by atoms with Gasteiger partial charge in [0.05, 0.1) is 99.1 Å². The molecule has 1 N–H and O–H groups in total. The number of anilines is 1. The molecule has 50 heavy (non-hydrogen) atoms. The summed E-state index contributed by atoms with van der Waals surface area (Å²) < 4.78 is 66.5. The first-order chi connectivity index (χ1) is 24.6. The minimum atomic E-state index is -0.384. The van der Waals surface area contributed by atoms with Gasteiger partial charge in [0.15, 0.2) is 11.5 Å². The van der Waals surface area contributed by atoms with Crippen molar-refractivity contribution in [1.82, 2.24) is 0 Å². The smallest absolute Gasteiger partial charge is 0.255 e. The lowest BCUT2D eigenvalue weighted by atomic mass is 10.1. The predicted molar refractivity (Wildman–Crippen MR) is 186 cm³/mol. The molecule has 0 atom stereocenters. The first-order valence-corrected chi connectivity index (χ1v) is 16.5. The first kappa shape index (κ1) is 42.7. The second-order valence-electron chi connectivity index (χ2n) is 10.2. The monoisotopic (exact) mass is 707 g/mol. The first-order valence-electron chi connectivity index (χ1n) is 16.5. The molecular formula is C36H53NO13. The summed E-state index contributed by atoms with van der Waals surface area (Å²) in [7, 11) is 4.85. The Morgan fingerprint density at radius 1 is 0.540 bits per heavy atom. The minimum absolute atomic E-state index is 0.175. The molecule has 0 fully saturated rings. The predicted octanol–water partition coefficient (Wildman–Crippen LogP) is 3.10. The lowest BCUT2D eigenvalue weighted by molar-refractivity contribution is 0.0146. The van der Waals surface area contributed by atoms with Gasteiger partial charge in [-0.05, 0) is 36.4 Å². The Kier molecular flexibility index (Phi) is 25.0. The molecule has 0 saturated heterocycles. The number of benzene rings is 2. The Morgan fingerprint density at radius 3 is 1.28 bits per heavy atom. The maximum absolute atomic E-state index is 13.4. The zero-order valence-electron chi connectivity index (χ0n) is 29.6. The Bertz CT molecular complexity index is 1150. The van der Waals surface area contributed by atoms with Gasteiger partial charge < -0.3 is 62.2 Å². The van der Waals surface area contributed by atoms with Crippen molar-refractivity contribution >= 4 is 11.6 Å². The van der Waals surface area contributed by atoms with Gasteiger partial charge in [-0.25, -0.2) is 0 Å². The number of carbonyl (C=O) groups excluding carboxylic acids is 1. The lowest BCUT2D eigenvalue weighted by Crippen LogP contribution is -2.17. The fraction of sp³-hybridized carbons (Fsp3) is 0.583. The van der Waals surface area contributed by atoms with Crippen LogP contribution in [0, 0.1) is 12.3 Å². The molecule has 1 amide bonds. The molecule has 0 bridgehead atoms. The molecule has 0 aliphatic heterocycles. The van der Waals surface area contributed by atoms with Gasteiger partial charge >= 0.3 is 0 Å². The number of terminal acetylenes is 1. The third-order valence-corrected chi connectivity index (χ3v) is 6.45. The van der Waals surface area contributed by atoms with Crippen LogP contribution in [-0.4, -0.2) is 146 Å². The summed E-state index contributed by atoms with van der Waals surface area (Å²) in [5.74, 6) is 3.08. The number of methoxy groups -OCH3 is 3. The standard InChI is InChI=1S/C36H53NO13/c1-5-30-6-8-32(9-7-30)37-36(38)31-28-33(48-25-22-45-19-16-42-13-10-39-2)35(50-27-24-47-21-18-44-15-12-41-4)34(29-31)49-26-23-46-20-17-43-14-11-40-3/h1,6-9,28-29H,10-27H2,2-4H3,(H,37,38). The summed E-state index contributed by atoms with van der Waals surface area (Å²) in [6.45, 7) is 6.79. The van der Waals surface area contributed by atoms with Crippen LogP contribution in [0.25, 0.3) is 0 Å². The van der Waals surface area contributed by atoms with E-state index in [4.69, 9.17) is 63.3 Å². The molecule has 2 aromatic rings. The van der Waals surface area contributed by atoms with Crippen molar-refractivity contribution < 1.29 is 61.6 Å². The fourth-order valence-corrected chi connectivity index (χ4v) is 3.93. The van der Waals surface area contributed by atoms with Gasteiger partial charge in [0.25, 0.3) is 5.91 Å². The third kappa shape index (κ3) is 19.6. The highest BCUT2D eigenvalue weighted by molar-refractivity contribution is 6.05. The molecule has 14 nitrogen and oxygen atoms in total. The van der Waals surface area contributed by atoms with E-state index in [0.29, 0.717) is 108 Å². The zero-order valence-corrected chi connectivity index (χ0v) is 29.6. The van der Waals surface area contributed by atoms with Gasteiger partial charge in [-0.1, -0.05) is 5.92 Å². The van der Waals surface area contributed by atoms with Crippen LogP contribution < -0.4 is 19.5 Å². The number of rotatable bonds is 32. The Labute approximate surface area is 295 Å². The average molecular weight is 708 g/mol. The van der Waals surface area contributed by atoms with Crippen molar-refractivity contribution in [2.24, 2.45) is 0 Å². The van der Waals surface area contributed by atoms with Gasteiger partial charge in [-0.2, -0.15) is 0 Å². The van der Waals surface area contributed by atoms with Gasteiger partial charge in [0.1, 0.15) is 19.8 Å². The van der Waals surface area contributed by atoms with Crippen molar-refractivity contribution in [3.8, 4) is 29.6 Å². The Balaban J connectivity index is 2.14. The summed E-state index contributed by atoms with van der Waals surface area (Å²) >= 11 is 0. The van der Waals surface area contributed by atoms with E-state index in [2.05, 4.69) is 11.2 Å². The number of amides is 1. The molecule has 0 radical (unpaired) electrons. The topological polar surface area (TPSA) is 140 Å². The molecule has 14 heteroatoms. The van der Waals surface area contributed by atoms with Crippen molar-refractivity contribution in [2.45, 2.75) is 0 Å². The summed E-state index contributed by atoms with van der Waals surface area (Å²) in [4.78, 5) is 13.4. The number of ether oxygens (including phenoxy) is 12. The highest BCUT2D eigenvalue weighted by atomic mass is 16.6. The van der Waals surface area contributed by atoms with Gasteiger partial charge in [-0.15, -0.1) is 6.42 Å². The molecule has 0 saturated carbocycles. The van der Waals surface area contributed by atoms with Gasteiger partial charge in [-0.3, -0.25) is 4.79 Å². The molecule has 280 valence electrons. The highest BCUT2D eigenvalue weighted by Crippen LogP contribution is 2.39. The minimum Gasteiger partial charge on any atom is -0.487 e. The second kappa shape index (κ2) is 29.3. The van der Waals surface area contributed by atoms with Crippen LogP contribution in [0.3, 0.4) is 0 Å². The van der Waals surface area contributed by atoms with E-state index in [9.17, 15) is 4.79 Å². The van der Waals surface area contributed by atoms with Gasteiger partial charge in [0, 0.05) is 38.1 Å². The molecule has 0 aliphatic carbocycles. The fourth-order valence-electron chi connectivity index (χ4n) is 3.93. The van der Waals surface area contributed by atoms with Crippen LogP contribution in [-0.2, 0) is 42.6 Å². The zero-order chi connectivity index (χ0) is 35.9. The molecule has 2 aromatic carbocycles. The van der Waals surface area contributed by atoms with Crippen molar-refractivity contribution in [3.63, 3.8) is 0 Å². The van der Waals surface area contributed by atoms with Crippen molar-refractivity contribution in [1.29, 1.82) is 0 Å². The molecule has 2 rings (SSSR count). The van der Waals surface area contributed by atoms with Crippen molar-refractivity contribution in [2.75, 3.05) is 146 Å². The second-order valence-corrected chi connectivity index (χ2v) is 10.2. The highest BCUT2D eigenvalue weighted by Gasteiger charge is 2.20. The maximum Gasteiger partial charge on any atom is 0.255 e. The number of nitrogens with one attached hydrogen (secondary N) is 1. The Morgan fingerprint density at radius 2 is 0.900 bits per heavy atom. The van der Waals surface area contributed by atoms with Crippen LogP contribution in [0.15, 0.2) is 36.4 Å². The van der Waals surface area contributed by atoms with Crippen LogP contribution in [0.1, 0.15) is 15.9 Å². The average Bonchev–Trinajstić information content (AvgIpc) is 3.13. The van der Waals surface area contributed by atoms with E-state index < -0.39 is 0 Å². The van der Waals surface area contributed by atoms with Crippen LogP contribution in [0.2, 0.25) is 0 Å². The quantitative estimate of drug-likeness (QED) is 0.0881. The SMILES string of the molecule is C#Cc1ccc(NC(=O)c2cc(OCCOCCOCCOC)c(OCCOCCOCCOC)c(OCCOCCOCCOC)c2)cc1. The Hall–Kier alpha value is -3.49. The summed E-state index contributed by atoms with van der Waals surface area (Å²) in [6, 6.07) is 10.1. The van der Waals surface area contributed by atoms with Crippen molar-refractivity contribution in [3.05, 3.63) is 47.5 Å². The molecule has 0 unspecified atom stereocenters. The normalized spacial score (nSPS) is 10.9. The summed E-state index contributed by atoms with van der Waals surface area (Å²) in [6.07, 6.45) is 5.47. The molecule has 0 aromatic heterocycles. The molecular weight excluding hydrogens is 654 g/mol. The number of hydrogen-bond acceptors (Lipinski definition) is 13. The van der Waals surface area contributed by atoms with E-state index in [1.54, 1.807) is 57.7 Å². The molecule has 0 aliphatic rings. The van der Waals surface area contributed by atoms with E-state index in [-0.39, 0.29) is 51.1 Å². The number of carbonyl (C=O) groups is 1. The molecule has 0 heterocycles. The van der Waals surface area contributed by atoms with Gasteiger partial charge in [0.2, 0.25) is 5.75 Å². The van der Waals surface area contributed by atoms with E-state index in [1.807, 2.05) is 0 Å². The lowest BCUT2D eigenvalue weighted by Gasteiger charge is -2.19. The summed E-state index contributed by atoms with van der Waals surface area (Å²) in [5, 5.41) is 2.88. The van der Waals surface area contributed by atoms with E-state index in [0.717, 1.165) is 0 Å². The van der Waals surface area contributed by atoms with Crippen LogP contribution >= 0.6 is 0 Å². The summed E-state index contributed by atoms with van der Waals surface area (Å²) in [5.41, 5.74) is 1.56.